The average molecular weight is 516 g/mol. The Balaban J connectivity index is 2.19. The van der Waals surface area contributed by atoms with Gasteiger partial charge in [0.2, 0.25) is 15.9 Å². The molecular weight excluding hydrogens is 486 g/mol. The lowest BCUT2D eigenvalue weighted by atomic mass is 9.77. The van der Waals surface area contributed by atoms with Crippen LogP contribution in [-0.2, 0) is 33.1 Å². The van der Waals surface area contributed by atoms with Gasteiger partial charge in [0.1, 0.15) is 11.2 Å². The summed E-state index contributed by atoms with van der Waals surface area (Å²) in [4.78, 5) is 16.2. The number of fused-ring (bicyclic) bond motifs is 1. The van der Waals surface area contributed by atoms with Crippen LogP contribution >= 0.6 is 0 Å². The van der Waals surface area contributed by atoms with E-state index in [1.165, 1.54) is 6.07 Å². The Kier molecular flexibility index (Phi) is 6.97. The van der Waals surface area contributed by atoms with Crippen LogP contribution in [0.3, 0.4) is 0 Å². The van der Waals surface area contributed by atoms with Crippen molar-refractivity contribution in [3.63, 3.8) is 0 Å². The van der Waals surface area contributed by atoms with Crippen molar-refractivity contribution in [1.29, 1.82) is 0 Å². The van der Waals surface area contributed by atoms with E-state index in [0.717, 1.165) is 26.2 Å². The van der Waals surface area contributed by atoms with Gasteiger partial charge in [0.25, 0.3) is 0 Å². The summed E-state index contributed by atoms with van der Waals surface area (Å²) in [7, 11) is -3.66. The second-order valence-corrected chi connectivity index (χ2v) is 11.5. The van der Waals surface area contributed by atoms with Gasteiger partial charge in [-0.2, -0.15) is 13.2 Å². The normalized spacial score (nSPS) is 17.6. The number of hydrogen-bond donors (Lipinski definition) is 2. The first kappa shape index (κ1) is 26.9. The highest BCUT2D eigenvalue weighted by atomic mass is 32.2. The lowest BCUT2D eigenvalue weighted by molar-refractivity contribution is -0.181. The van der Waals surface area contributed by atoms with Crippen molar-refractivity contribution in [3.8, 4) is 0 Å². The molecule has 1 amide bonds. The number of alkyl halides is 3. The third-order valence-corrected chi connectivity index (χ3v) is 7.28. The van der Waals surface area contributed by atoms with Crippen LogP contribution in [0.1, 0.15) is 66.8 Å². The number of carbonyl (C=O) groups is 1. The monoisotopic (exact) mass is 515 g/mol. The highest BCUT2D eigenvalue weighted by Crippen LogP contribution is 2.45. The van der Waals surface area contributed by atoms with E-state index in [-0.39, 0.29) is 28.9 Å². The van der Waals surface area contributed by atoms with Gasteiger partial charge in [0, 0.05) is 17.5 Å². The van der Waals surface area contributed by atoms with Gasteiger partial charge >= 0.3 is 6.18 Å². The standard InChI is InChI=1S/C24H29F4N3O3S/c1-12-8-16(18(25)11-20(12)31-35(5,33)34)13(2)17-10-15-9-14(22(29)32)6-7-19(15)30-21(17)23(3,4)24(26,27)28/h8,10-11,13-14,31H,6-7,9H2,1-5H3,(H2,29,32)/t13-,14?/m0/s1. The molecule has 1 aromatic carbocycles. The molecule has 1 aliphatic rings. The lowest BCUT2D eigenvalue weighted by Crippen LogP contribution is -2.39. The molecule has 3 rings (SSSR count). The molecule has 2 atom stereocenters. The number of primary amides is 1. The minimum atomic E-state index is -4.62. The second kappa shape index (κ2) is 9.07. The number of carbonyl (C=O) groups excluding carboxylic acids is 1. The van der Waals surface area contributed by atoms with Crippen LogP contribution in [-0.4, -0.2) is 31.7 Å². The van der Waals surface area contributed by atoms with Gasteiger partial charge in [-0.25, -0.2) is 12.8 Å². The summed E-state index contributed by atoms with van der Waals surface area (Å²) in [6.45, 7) is 5.23. The Morgan fingerprint density at radius 2 is 1.83 bits per heavy atom. The van der Waals surface area contributed by atoms with Crippen LogP contribution in [0.25, 0.3) is 0 Å². The molecule has 1 aromatic heterocycles. The summed E-state index contributed by atoms with van der Waals surface area (Å²) in [5.41, 5.74) is 4.78. The van der Waals surface area contributed by atoms with Gasteiger partial charge in [-0.1, -0.05) is 19.1 Å². The first-order valence-corrected chi connectivity index (χ1v) is 13.0. The molecule has 0 bridgehead atoms. The number of amides is 1. The Morgan fingerprint density at radius 1 is 1.20 bits per heavy atom. The molecular formula is C24H29F4N3O3S. The number of anilines is 1. The molecule has 3 N–H and O–H groups in total. The van der Waals surface area contributed by atoms with Crippen molar-refractivity contribution in [3.05, 3.63) is 57.7 Å². The maximum Gasteiger partial charge on any atom is 0.399 e. The fraction of sp³-hybridized carbons (Fsp3) is 0.500. The zero-order valence-corrected chi connectivity index (χ0v) is 21.0. The summed E-state index contributed by atoms with van der Waals surface area (Å²) < 4.78 is 82.8. The average Bonchev–Trinajstić information content (AvgIpc) is 2.72. The fourth-order valence-electron chi connectivity index (χ4n) is 4.40. The van der Waals surface area contributed by atoms with E-state index in [1.54, 1.807) is 19.9 Å². The third kappa shape index (κ3) is 5.44. The molecule has 11 heteroatoms. The number of rotatable bonds is 6. The predicted octanol–water partition coefficient (Wildman–Crippen LogP) is 4.48. The van der Waals surface area contributed by atoms with Crippen LogP contribution in [0.4, 0.5) is 23.2 Å². The van der Waals surface area contributed by atoms with Crippen LogP contribution in [0.15, 0.2) is 18.2 Å². The Bertz CT molecular complexity index is 1270. The number of benzene rings is 1. The SMILES string of the molecule is Cc1cc([C@H](C)c2cc3c(nc2C(C)(C)C(F)(F)F)CCC(C(N)=O)C3)c(F)cc1NS(C)(=O)=O. The third-order valence-electron chi connectivity index (χ3n) is 6.69. The minimum Gasteiger partial charge on any atom is -0.369 e. The van der Waals surface area contributed by atoms with Crippen LogP contribution < -0.4 is 10.5 Å². The lowest BCUT2D eigenvalue weighted by Gasteiger charge is -2.33. The van der Waals surface area contributed by atoms with Gasteiger partial charge in [-0.05, 0) is 68.4 Å². The van der Waals surface area contributed by atoms with Crippen molar-refractivity contribution in [2.24, 2.45) is 11.7 Å². The number of nitrogens with two attached hydrogens (primary N) is 1. The Morgan fingerprint density at radius 3 is 2.37 bits per heavy atom. The van der Waals surface area contributed by atoms with E-state index >= 15 is 4.39 Å². The number of nitrogens with zero attached hydrogens (tertiary/aromatic N) is 1. The summed E-state index contributed by atoms with van der Waals surface area (Å²) in [5.74, 6) is -2.54. The summed E-state index contributed by atoms with van der Waals surface area (Å²) in [6, 6.07) is 4.03. The molecule has 0 radical (unpaired) electrons. The van der Waals surface area contributed by atoms with Crippen molar-refractivity contribution < 1.29 is 30.8 Å². The van der Waals surface area contributed by atoms with Gasteiger partial charge < -0.3 is 5.73 Å². The summed E-state index contributed by atoms with van der Waals surface area (Å²) in [6.07, 6.45) is -2.71. The molecule has 2 aromatic rings. The van der Waals surface area contributed by atoms with Gasteiger partial charge in [0.05, 0.1) is 17.6 Å². The van der Waals surface area contributed by atoms with Gasteiger partial charge in [-0.15, -0.1) is 0 Å². The quantitative estimate of drug-likeness (QED) is 0.554. The molecule has 35 heavy (non-hydrogen) atoms. The van der Waals surface area contributed by atoms with E-state index in [1.807, 2.05) is 0 Å². The number of aryl methyl sites for hydroxylation is 2. The highest BCUT2D eigenvalue weighted by molar-refractivity contribution is 7.92. The van der Waals surface area contributed by atoms with Gasteiger partial charge in [0.15, 0.2) is 0 Å². The zero-order chi connectivity index (χ0) is 26.5. The fourth-order valence-corrected chi connectivity index (χ4v) is 5.02. The smallest absolute Gasteiger partial charge is 0.369 e. The van der Waals surface area contributed by atoms with Crippen LogP contribution in [0, 0.1) is 18.7 Å². The second-order valence-electron chi connectivity index (χ2n) is 9.78. The molecule has 0 saturated carbocycles. The first-order chi connectivity index (χ1) is 15.9. The van der Waals surface area contributed by atoms with Crippen molar-refractivity contribution in [2.75, 3.05) is 11.0 Å². The van der Waals surface area contributed by atoms with Crippen molar-refractivity contribution in [1.82, 2.24) is 4.98 Å². The summed E-state index contributed by atoms with van der Waals surface area (Å²) in [5, 5.41) is 0. The number of nitrogens with one attached hydrogen (secondary N) is 1. The number of halogens is 4. The zero-order valence-electron chi connectivity index (χ0n) is 20.2. The van der Waals surface area contributed by atoms with E-state index in [2.05, 4.69) is 9.71 Å². The predicted molar refractivity (Wildman–Crippen MR) is 125 cm³/mol. The van der Waals surface area contributed by atoms with Crippen molar-refractivity contribution in [2.45, 2.75) is 64.5 Å². The largest absolute Gasteiger partial charge is 0.399 e. The number of pyridine rings is 1. The maximum atomic E-state index is 15.2. The molecule has 0 saturated heterocycles. The van der Waals surface area contributed by atoms with Gasteiger partial charge in [-0.3, -0.25) is 14.5 Å². The molecule has 1 aliphatic carbocycles. The Hall–Kier alpha value is -2.69. The topological polar surface area (TPSA) is 102 Å². The van der Waals surface area contributed by atoms with E-state index < -0.39 is 45.2 Å². The number of sulfonamides is 1. The molecule has 1 unspecified atom stereocenters. The number of aromatic nitrogens is 1. The maximum absolute atomic E-state index is 15.2. The van der Waals surface area contributed by atoms with Crippen LogP contribution in [0.5, 0.6) is 0 Å². The molecule has 0 spiro atoms. The Labute approximate surface area is 202 Å². The van der Waals surface area contributed by atoms with Crippen molar-refractivity contribution >= 4 is 21.6 Å². The van der Waals surface area contributed by atoms with E-state index in [4.69, 9.17) is 5.73 Å². The summed E-state index contributed by atoms with van der Waals surface area (Å²) >= 11 is 0. The molecule has 0 fully saturated rings. The highest BCUT2D eigenvalue weighted by Gasteiger charge is 2.51. The first-order valence-electron chi connectivity index (χ1n) is 11.1. The van der Waals surface area contributed by atoms with Crippen LogP contribution in [0.2, 0.25) is 0 Å². The van der Waals surface area contributed by atoms with E-state index in [9.17, 15) is 26.4 Å². The molecule has 192 valence electrons. The molecule has 6 nitrogen and oxygen atoms in total. The number of hydrogen-bond acceptors (Lipinski definition) is 4. The minimum absolute atomic E-state index is 0.0460. The molecule has 0 aliphatic heterocycles. The van der Waals surface area contributed by atoms with E-state index in [0.29, 0.717) is 29.7 Å². The molecule has 1 heterocycles.